The Morgan fingerprint density at radius 2 is 2.04 bits per heavy atom. The summed E-state index contributed by atoms with van der Waals surface area (Å²) < 4.78 is 1.96. The van der Waals surface area contributed by atoms with Crippen molar-refractivity contribution in [2.24, 2.45) is 7.05 Å². The maximum atomic E-state index is 12.5. The minimum absolute atomic E-state index is 0.0161. The summed E-state index contributed by atoms with van der Waals surface area (Å²) in [6.45, 7) is 2.23. The molecule has 0 spiro atoms. The van der Waals surface area contributed by atoms with E-state index in [-0.39, 0.29) is 5.91 Å². The quantitative estimate of drug-likeness (QED) is 0.853. The Balaban J connectivity index is 1.74. The molecule has 0 aromatic carbocycles. The van der Waals surface area contributed by atoms with Crippen LogP contribution in [0.15, 0.2) is 24.7 Å². The van der Waals surface area contributed by atoms with Crippen molar-refractivity contribution in [1.29, 1.82) is 0 Å². The molecule has 0 saturated carbocycles. The number of halogens is 1. The van der Waals surface area contributed by atoms with E-state index in [2.05, 4.69) is 9.97 Å². The third-order valence-electron chi connectivity index (χ3n) is 4.37. The van der Waals surface area contributed by atoms with Gasteiger partial charge in [0.1, 0.15) is 11.6 Å². The summed E-state index contributed by atoms with van der Waals surface area (Å²) in [5, 5.41) is 0.481. The monoisotopic (exact) mass is 347 g/mol. The SMILES string of the molecule is CN(Cc1nccn1C)c1ncc(C(=O)N2CCCCC2)cc1Cl. The Kier molecular flexibility index (Phi) is 5.04. The molecule has 1 aliphatic rings. The van der Waals surface area contributed by atoms with Gasteiger partial charge in [-0.2, -0.15) is 0 Å². The van der Waals surface area contributed by atoms with E-state index in [0.717, 1.165) is 31.8 Å². The summed E-state index contributed by atoms with van der Waals surface area (Å²) in [5.41, 5.74) is 0.552. The minimum Gasteiger partial charge on any atom is -0.351 e. The summed E-state index contributed by atoms with van der Waals surface area (Å²) in [7, 11) is 3.86. The number of piperidine rings is 1. The third kappa shape index (κ3) is 3.53. The van der Waals surface area contributed by atoms with Crippen LogP contribution in [-0.2, 0) is 13.6 Å². The van der Waals surface area contributed by atoms with E-state index >= 15 is 0 Å². The molecule has 6 nitrogen and oxygen atoms in total. The lowest BCUT2D eigenvalue weighted by Gasteiger charge is -2.27. The molecule has 0 bridgehead atoms. The number of aryl methyl sites for hydroxylation is 1. The van der Waals surface area contributed by atoms with Crippen LogP contribution in [0.2, 0.25) is 5.02 Å². The van der Waals surface area contributed by atoms with Gasteiger partial charge in [0.05, 0.1) is 17.1 Å². The van der Waals surface area contributed by atoms with Gasteiger partial charge < -0.3 is 14.4 Å². The molecule has 1 saturated heterocycles. The van der Waals surface area contributed by atoms with Crippen molar-refractivity contribution in [3.05, 3.63) is 41.1 Å². The van der Waals surface area contributed by atoms with Crippen LogP contribution in [0.3, 0.4) is 0 Å². The van der Waals surface area contributed by atoms with Crippen molar-refractivity contribution in [2.45, 2.75) is 25.8 Å². The predicted molar refractivity (Wildman–Crippen MR) is 94.3 cm³/mol. The molecule has 3 rings (SSSR count). The molecule has 1 fully saturated rings. The molecule has 0 aliphatic carbocycles. The number of pyridine rings is 1. The minimum atomic E-state index is 0.0161. The van der Waals surface area contributed by atoms with E-state index < -0.39 is 0 Å². The van der Waals surface area contributed by atoms with Crippen LogP contribution in [0.4, 0.5) is 5.82 Å². The molecule has 2 aromatic heterocycles. The Bertz CT molecular complexity index is 724. The number of nitrogens with zero attached hydrogens (tertiary/aromatic N) is 5. The first-order chi connectivity index (χ1) is 11.6. The highest BCUT2D eigenvalue weighted by Crippen LogP contribution is 2.25. The molecule has 1 aliphatic heterocycles. The maximum absolute atomic E-state index is 12.5. The van der Waals surface area contributed by atoms with Crippen molar-refractivity contribution in [3.63, 3.8) is 0 Å². The number of anilines is 1. The maximum Gasteiger partial charge on any atom is 0.255 e. The summed E-state index contributed by atoms with van der Waals surface area (Å²) in [6.07, 6.45) is 8.61. The lowest BCUT2D eigenvalue weighted by molar-refractivity contribution is 0.0724. The molecule has 0 radical (unpaired) electrons. The van der Waals surface area contributed by atoms with Gasteiger partial charge in [0.2, 0.25) is 0 Å². The highest BCUT2D eigenvalue weighted by Gasteiger charge is 2.20. The normalized spacial score (nSPS) is 14.7. The molecule has 1 amide bonds. The smallest absolute Gasteiger partial charge is 0.255 e. The zero-order valence-corrected chi connectivity index (χ0v) is 14.8. The van der Waals surface area contributed by atoms with Crippen molar-refractivity contribution in [3.8, 4) is 0 Å². The van der Waals surface area contributed by atoms with Gasteiger partial charge >= 0.3 is 0 Å². The van der Waals surface area contributed by atoms with E-state index in [1.54, 1.807) is 18.5 Å². The van der Waals surface area contributed by atoms with Crippen LogP contribution in [0.5, 0.6) is 0 Å². The second-order valence-corrected chi connectivity index (χ2v) is 6.60. The molecular weight excluding hydrogens is 326 g/mol. The number of carbonyl (C=O) groups is 1. The number of imidazole rings is 1. The van der Waals surface area contributed by atoms with E-state index in [4.69, 9.17) is 11.6 Å². The summed E-state index contributed by atoms with van der Waals surface area (Å²) in [6, 6.07) is 1.72. The molecule has 0 unspecified atom stereocenters. The molecular formula is C17H22ClN5O. The van der Waals surface area contributed by atoms with Crippen LogP contribution >= 0.6 is 11.6 Å². The summed E-state index contributed by atoms with van der Waals surface area (Å²) in [4.78, 5) is 25.1. The standard InChI is InChI=1S/C17H22ClN5O/c1-21-9-6-19-15(21)12-22(2)16-14(18)10-13(11-20-16)17(24)23-7-4-3-5-8-23/h6,9-11H,3-5,7-8,12H2,1-2H3. The van der Waals surface area contributed by atoms with E-state index in [1.807, 2.05) is 34.7 Å². The number of aromatic nitrogens is 3. The summed E-state index contributed by atoms with van der Waals surface area (Å²) >= 11 is 6.39. The second kappa shape index (κ2) is 7.21. The van der Waals surface area contributed by atoms with Crippen LogP contribution in [0.25, 0.3) is 0 Å². The van der Waals surface area contributed by atoms with Gasteiger partial charge in [-0.3, -0.25) is 4.79 Å². The zero-order chi connectivity index (χ0) is 17.1. The Morgan fingerprint density at radius 3 is 2.67 bits per heavy atom. The number of hydrogen-bond donors (Lipinski definition) is 0. The van der Waals surface area contributed by atoms with E-state index in [9.17, 15) is 4.79 Å². The average Bonchev–Trinajstić information content (AvgIpc) is 2.99. The second-order valence-electron chi connectivity index (χ2n) is 6.19. The largest absolute Gasteiger partial charge is 0.351 e. The molecule has 2 aromatic rings. The lowest BCUT2D eigenvalue weighted by atomic mass is 10.1. The Hall–Kier alpha value is -2.08. The van der Waals surface area contributed by atoms with Gasteiger partial charge in [-0.1, -0.05) is 11.6 Å². The zero-order valence-electron chi connectivity index (χ0n) is 14.1. The number of carbonyl (C=O) groups excluding carboxylic acids is 1. The van der Waals surface area contributed by atoms with Gasteiger partial charge in [0.25, 0.3) is 5.91 Å². The van der Waals surface area contributed by atoms with E-state index in [0.29, 0.717) is 22.9 Å². The van der Waals surface area contributed by atoms with Gasteiger partial charge in [0.15, 0.2) is 0 Å². The van der Waals surface area contributed by atoms with Crippen LogP contribution in [0.1, 0.15) is 35.4 Å². The van der Waals surface area contributed by atoms with Crippen molar-refractivity contribution < 1.29 is 4.79 Å². The highest BCUT2D eigenvalue weighted by atomic mass is 35.5. The number of amides is 1. The molecule has 7 heteroatoms. The number of rotatable bonds is 4. The molecule has 3 heterocycles. The Labute approximate surface area is 147 Å². The van der Waals surface area contributed by atoms with Gasteiger partial charge in [0, 0.05) is 45.8 Å². The lowest BCUT2D eigenvalue weighted by Crippen LogP contribution is -2.35. The number of likely N-dealkylation sites (tertiary alicyclic amines) is 1. The first-order valence-corrected chi connectivity index (χ1v) is 8.56. The Morgan fingerprint density at radius 1 is 1.29 bits per heavy atom. The highest BCUT2D eigenvalue weighted by molar-refractivity contribution is 6.33. The molecule has 0 N–H and O–H groups in total. The average molecular weight is 348 g/mol. The third-order valence-corrected chi connectivity index (χ3v) is 4.65. The fourth-order valence-electron chi connectivity index (χ4n) is 2.94. The van der Waals surface area contributed by atoms with Gasteiger partial charge in [-0.15, -0.1) is 0 Å². The van der Waals surface area contributed by atoms with Crippen molar-refractivity contribution in [2.75, 3.05) is 25.0 Å². The topological polar surface area (TPSA) is 54.3 Å². The molecule has 0 atom stereocenters. The van der Waals surface area contributed by atoms with Gasteiger partial charge in [-0.25, -0.2) is 9.97 Å². The summed E-state index contributed by atoms with van der Waals surface area (Å²) in [5.74, 6) is 1.58. The van der Waals surface area contributed by atoms with Crippen LogP contribution in [0, 0.1) is 0 Å². The van der Waals surface area contributed by atoms with Crippen molar-refractivity contribution in [1.82, 2.24) is 19.4 Å². The van der Waals surface area contributed by atoms with E-state index in [1.165, 1.54) is 6.42 Å². The number of hydrogen-bond acceptors (Lipinski definition) is 4. The van der Waals surface area contributed by atoms with Crippen LogP contribution < -0.4 is 4.90 Å². The first-order valence-electron chi connectivity index (χ1n) is 8.18. The van der Waals surface area contributed by atoms with Crippen LogP contribution in [-0.4, -0.2) is 45.5 Å². The fraction of sp³-hybridized carbons (Fsp3) is 0.471. The first kappa shape index (κ1) is 16.8. The fourth-order valence-corrected chi connectivity index (χ4v) is 3.25. The molecule has 128 valence electrons. The molecule has 24 heavy (non-hydrogen) atoms. The van der Waals surface area contributed by atoms with Crippen molar-refractivity contribution >= 4 is 23.3 Å². The van der Waals surface area contributed by atoms with Gasteiger partial charge in [-0.05, 0) is 25.3 Å². The predicted octanol–water partition coefficient (Wildman–Crippen LogP) is 2.73.